The van der Waals surface area contributed by atoms with E-state index in [0.29, 0.717) is 11.1 Å². The molecule has 0 heterocycles. The molecule has 0 unspecified atom stereocenters. The number of ether oxygens (including phenoxy) is 2. The number of nitrogens with zero attached hydrogens (tertiary/aromatic N) is 1. The van der Waals surface area contributed by atoms with Gasteiger partial charge >= 0.3 is 11.9 Å². The summed E-state index contributed by atoms with van der Waals surface area (Å²) in [4.78, 5) is 21.6. The van der Waals surface area contributed by atoms with E-state index in [1.807, 2.05) is 6.07 Å². The van der Waals surface area contributed by atoms with Crippen molar-refractivity contribution in [2.75, 3.05) is 13.7 Å². The minimum Gasteiger partial charge on any atom is -0.493 e. The van der Waals surface area contributed by atoms with Crippen LogP contribution in [0.3, 0.4) is 0 Å². The largest absolute Gasteiger partial charge is 0.493 e. The van der Waals surface area contributed by atoms with Gasteiger partial charge in [-0.25, -0.2) is 9.59 Å². The van der Waals surface area contributed by atoms with Crippen LogP contribution in [0.2, 0.25) is 5.02 Å². The number of halogens is 1. The van der Waals surface area contributed by atoms with E-state index in [2.05, 4.69) is 0 Å². The Labute approximate surface area is 159 Å². The Morgan fingerprint density at radius 1 is 1.19 bits per heavy atom. The Bertz CT molecular complexity index is 944. The van der Waals surface area contributed by atoms with Gasteiger partial charge in [0, 0.05) is 0 Å². The quantitative estimate of drug-likeness (QED) is 0.550. The molecule has 2 aromatic rings. The number of aliphatic carboxylic acids is 1. The summed E-state index contributed by atoms with van der Waals surface area (Å²) in [5.74, 6) is -1.91. The van der Waals surface area contributed by atoms with Crippen LogP contribution in [0.25, 0.3) is 11.6 Å². The average Bonchev–Trinajstić information content (AvgIpc) is 2.64. The van der Waals surface area contributed by atoms with E-state index in [4.69, 9.17) is 31.3 Å². The number of allylic oxidation sites excluding steroid dienone is 1. The summed E-state index contributed by atoms with van der Waals surface area (Å²) >= 11 is 6.15. The van der Waals surface area contributed by atoms with Crippen LogP contribution < -0.4 is 9.47 Å². The predicted octanol–water partition coefficient (Wildman–Crippen LogP) is 3.57. The molecule has 2 aromatic carbocycles. The monoisotopic (exact) mass is 387 g/mol. The van der Waals surface area contributed by atoms with E-state index in [1.54, 1.807) is 12.1 Å². The molecular weight excluding hydrogens is 374 g/mol. The van der Waals surface area contributed by atoms with Gasteiger partial charge in [-0.15, -0.1) is 0 Å². The van der Waals surface area contributed by atoms with Gasteiger partial charge in [0.15, 0.2) is 18.1 Å². The first-order valence-corrected chi connectivity index (χ1v) is 7.91. The molecule has 0 aliphatic heterocycles. The summed E-state index contributed by atoms with van der Waals surface area (Å²) < 4.78 is 10.3. The summed E-state index contributed by atoms with van der Waals surface area (Å²) in [6, 6.07) is 11.0. The summed E-state index contributed by atoms with van der Waals surface area (Å²) in [6.45, 7) is -0.579. The molecule has 0 atom stereocenters. The number of rotatable bonds is 7. The minimum atomic E-state index is -1.16. The van der Waals surface area contributed by atoms with E-state index in [0.717, 1.165) is 0 Å². The van der Waals surface area contributed by atoms with Crippen molar-refractivity contribution in [3.8, 4) is 17.6 Å². The van der Waals surface area contributed by atoms with E-state index in [9.17, 15) is 14.9 Å². The van der Waals surface area contributed by atoms with Crippen LogP contribution in [-0.4, -0.2) is 35.9 Å². The fourth-order valence-corrected chi connectivity index (χ4v) is 2.51. The molecule has 7 nitrogen and oxygen atoms in total. The molecule has 0 spiro atoms. The van der Waals surface area contributed by atoms with Crippen LogP contribution in [-0.2, 0) is 4.79 Å². The Hall–Kier alpha value is -3.50. The molecule has 27 heavy (non-hydrogen) atoms. The summed E-state index contributed by atoms with van der Waals surface area (Å²) in [5.41, 5.74) is 1.45. The van der Waals surface area contributed by atoms with Gasteiger partial charge in [-0.1, -0.05) is 23.7 Å². The lowest BCUT2D eigenvalue weighted by molar-refractivity contribution is -0.139. The molecule has 0 aliphatic carbocycles. The number of aromatic carboxylic acids is 1. The molecule has 0 aromatic heterocycles. The van der Waals surface area contributed by atoms with Crippen LogP contribution in [0.1, 0.15) is 21.5 Å². The van der Waals surface area contributed by atoms with E-state index in [1.165, 1.54) is 37.4 Å². The second kappa shape index (κ2) is 8.74. The molecule has 2 rings (SSSR count). The van der Waals surface area contributed by atoms with Crippen molar-refractivity contribution < 1.29 is 29.3 Å². The number of hydrogen-bond acceptors (Lipinski definition) is 5. The number of methoxy groups -OCH3 is 1. The van der Waals surface area contributed by atoms with Crippen LogP contribution in [0, 0.1) is 11.3 Å². The topological polar surface area (TPSA) is 117 Å². The Morgan fingerprint density at radius 3 is 2.33 bits per heavy atom. The van der Waals surface area contributed by atoms with Crippen molar-refractivity contribution in [2.24, 2.45) is 0 Å². The zero-order valence-electron chi connectivity index (χ0n) is 14.1. The van der Waals surface area contributed by atoms with E-state index in [-0.39, 0.29) is 27.7 Å². The van der Waals surface area contributed by atoms with Crippen molar-refractivity contribution in [1.82, 2.24) is 0 Å². The Kier molecular flexibility index (Phi) is 6.41. The van der Waals surface area contributed by atoms with Gasteiger partial charge in [0.25, 0.3) is 0 Å². The number of benzene rings is 2. The SMILES string of the molecule is COc1cc(C=C(C#N)c2ccc(C(=O)O)cc2)cc(Cl)c1OCC(=O)O. The lowest BCUT2D eigenvalue weighted by Gasteiger charge is -2.12. The van der Waals surface area contributed by atoms with Gasteiger partial charge in [-0.2, -0.15) is 5.26 Å². The number of nitriles is 1. The second-order valence-corrected chi connectivity index (χ2v) is 5.68. The smallest absolute Gasteiger partial charge is 0.341 e. The number of hydrogen-bond donors (Lipinski definition) is 2. The van der Waals surface area contributed by atoms with E-state index < -0.39 is 18.5 Å². The molecule has 2 N–H and O–H groups in total. The maximum atomic E-state index is 10.9. The third-order valence-electron chi connectivity index (χ3n) is 3.47. The zero-order chi connectivity index (χ0) is 20.0. The van der Waals surface area contributed by atoms with Crippen LogP contribution in [0.5, 0.6) is 11.5 Å². The van der Waals surface area contributed by atoms with Gasteiger partial charge in [0.2, 0.25) is 0 Å². The highest BCUT2D eigenvalue weighted by Crippen LogP contribution is 2.37. The van der Waals surface area contributed by atoms with Crippen molar-refractivity contribution in [2.45, 2.75) is 0 Å². The average molecular weight is 388 g/mol. The van der Waals surface area contributed by atoms with Crippen molar-refractivity contribution in [3.05, 3.63) is 58.1 Å². The third kappa shape index (κ3) is 5.00. The standard InChI is InChI=1S/C19H14ClNO6/c1-26-16-8-11(7-15(20)18(16)27-10-17(22)23)6-14(9-21)12-2-4-13(5-3-12)19(24)25/h2-8H,10H2,1H3,(H,22,23)(H,24,25). The van der Waals surface area contributed by atoms with Gasteiger partial charge in [-0.3, -0.25) is 0 Å². The molecule has 0 bridgehead atoms. The van der Waals surface area contributed by atoms with Gasteiger partial charge in [-0.05, 0) is 41.5 Å². The Morgan fingerprint density at radius 2 is 1.81 bits per heavy atom. The maximum Gasteiger partial charge on any atom is 0.341 e. The molecule has 0 saturated heterocycles. The van der Waals surface area contributed by atoms with Gasteiger partial charge in [0.05, 0.1) is 29.3 Å². The van der Waals surface area contributed by atoms with Crippen LogP contribution >= 0.6 is 11.6 Å². The van der Waals surface area contributed by atoms with Crippen LogP contribution in [0.15, 0.2) is 36.4 Å². The van der Waals surface area contributed by atoms with Gasteiger partial charge < -0.3 is 19.7 Å². The van der Waals surface area contributed by atoms with E-state index >= 15 is 0 Å². The Balaban J connectivity index is 2.40. The molecule has 0 radical (unpaired) electrons. The fraction of sp³-hybridized carbons (Fsp3) is 0.105. The number of carboxylic acid groups (broad SMARTS) is 2. The fourth-order valence-electron chi connectivity index (χ4n) is 2.24. The van der Waals surface area contributed by atoms with Crippen LogP contribution in [0.4, 0.5) is 0 Å². The third-order valence-corrected chi connectivity index (χ3v) is 3.75. The highest BCUT2D eigenvalue weighted by Gasteiger charge is 2.14. The highest BCUT2D eigenvalue weighted by atomic mass is 35.5. The molecule has 0 aliphatic rings. The number of carbonyl (C=O) groups is 2. The second-order valence-electron chi connectivity index (χ2n) is 5.27. The van der Waals surface area contributed by atoms with Gasteiger partial charge in [0.1, 0.15) is 0 Å². The number of carboxylic acids is 2. The molecule has 0 saturated carbocycles. The van der Waals surface area contributed by atoms with Crippen molar-refractivity contribution >= 4 is 35.2 Å². The predicted molar refractivity (Wildman–Crippen MR) is 98.0 cm³/mol. The summed E-state index contributed by atoms with van der Waals surface area (Å²) in [7, 11) is 1.38. The molecule has 8 heteroatoms. The first-order valence-electron chi connectivity index (χ1n) is 7.53. The highest BCUT2D eigenvalue weighted by molar-refractivity contribution is 6.32. The summed E-state index contributed by atoms with van der Waals surface area (Å²) in [6.07, 6.45) is 1.55. The lowest BCUT2D eigenvalue weighted by atomic mass is 10.0. The molecule has 138 valence electrons. The first kappa shape index (κ1) is 19.8. The lowest BCUT2D eigenvalue weighted by Crippen LogP contribution is -2.10. The first-order chi connectivity index (χ1) is 12.8. The molecular formula is C19H14ClNO6. The maximum absolute atomic E-state index is 10.9. The van der Waals surface area contributed by atoms with Crippen molar-refractivity contribution in [1.29, 1.82) is 5.26 Å². The zero-order valence-corrected chi connectivity index (χ0v) is 14.9. The minimum absolute atomic E-state index is 0.0861. The molecule has 0 amide bonds. The summed E-state index contributed by atoms with van der Waals surface area (Å²) in [5, 5.41) is 27.2. The molecule has 0 fully saturated rings. The van der Waals surface area contributed by atoms with Crippen molar-refractivity contribution in [3.63, 3.8) is 0 Å². The normalized spacial score (nSPS) is 10.8.